The average Bonchev–Trinajstić information content (AvgIpc) is 2.36. The van der Waals surface area contributed by atoms with E-state index in [4.69, 9.17) is 9.84 Å². The van der Waals surface area contributed by atoms with Gasteiger partial charge in [0.15, 0.2) is 0 Å². The summed E-state index contributed by atoms with van der Waals surface area (Å²) < 4.78 is 9.95. The summed E-state index contributed by atoms with van der Waals surface area (Å²) in [6.07, 6.45) is 0.689. The summed E-state index contributed by atoms with van der Waals surface area (Å²) in [5.74, 6) is -0.336. The lowest BCUT2D eigenvalue weighted by atomic mass is 10.2. The number of aliphatic hydroxyl groups excluding tert-OH is 1. The van der Waals surface area contributed by atoms with Crippen molar-refractivity contribution in [2.75, 3.05) is 33.4 Å². The van der Waals surface area contributed by atoms with E-state index in [2.05, 4.69) is 4.74 Å². The molecule has 0 aromatic heterocycles. The summed E-state index contributed by atoms with van der Waals surface area (Å²) in [5, 5.41) is 8.66. The number of esters is 1. The maximum Gasteiger partial charge on any atom is 0.308 e. The molecule has 1 rings (SSSR count). The minimum Gasteiger partial charge on any atom is -0.469 e. The molecule has 0 saturated carbocycles. The van der Waals surface area contributed by atoms with Gasteiger partial charge in [0.05, 0.1) is 26.2 Å². The zero-order chi connectivity index (χ0) is 12.7. The number of amides is 1. The molecule has 6 heteroatoms. The van der Waals surface area contributed by atoms with Crippen LogP contribution in [0.25, 0.3) is 0 Å². The van der Waals surface area contributed by atoms with Crippen LogP contribution in [0.4, 0.5) is 0 Å². The molecule has 1 atom stereocenters. The van der Waals surface area contributed by atoms with Gasteiger partial charge in [0.25, 0.3) is 0 Å². The first kappa shape index (κ1) is 13.9. The van der Waals surface area contributed by atoms with Crippen LogP contribution in [0, 0.1) is 0 Å². The second-order valence-corrected chi connectivity index (χ2v) is 3.94. The number of carbonyl (C=O) groups excluding carboxylic acids is 2. The zero-order valence-corrected chi connectivity index (χ0v) is 10.1. The smallest absolute Gasteiger partial charge is 0.308 e. The molecule has 6 nitrogen and oxygen atoms in total. The van der Waals surface area contributed by atoms with Crippen molar-refractivity contribution in [2.24, 2.45) is 0 Å². The zero-order valence-electron chi connectivity index (χ0n) is 10.1. The molecule has 1 heterocycles. The van der Waals surface area contributed by atoms with Gasteiger partial charge in [0.2, 0.25) is 5.91 Å². The third-order valence-electron chi connectivity index (χ3n) is 2.66. The van der Waals surface area contributed by atoms with E-state index < -0.39 is 0 Å². The number of ether oxygens (including phenoxy) is 2. The van der Waals surface area contributed by atoms with Crippen molar-refractivity contribution in [1.82, 2.24) is 4.90 Å². The van der Waals surface area contributed by atoms with Crippen LogP contribution in [-0.2, 0) is 19.1 Å². The molecule has 98 valence electrons. The Morgan fingerprint density at radius 3 is 2.94 bits per heavy atom. The van der Waals surface area contributed by atoms with Gasteiger partial charge in [-0.15, -0.1) is 0 Å². The maximum absolute atomic E-state index is 11.7. The molecule has 0 spiro atoms. The van der Waals surface area contributed by atoms with Crippen LogP contribution in [0.2, 0.25) is 0 Å². The second-order valence-electron chi connectivity index (χ2n) is 3.94. The number of aliphatic hydroxyl groups is 1. The lowest BCUT2D eigenvalue weighted by Gasteiger charge is -2.32. The molecule has 0 aromatic carbocycles. The molecule has 0 bridgehead atoms. The van der Waals surface area contributed by atoms with E-state index in [1.54, 1.807) is 4.90 Å². The van der Waals surface area contributed by atoms with Crippen LogP contribution in [0.15, 0.2) is 0 Å². The van der Waals surface area contributed by atoms with Crippen LogP contribution in [0.3, 0.4) is 0 Å². The maximum atomic E-state index is 11.7. The van der Waals surface area contributed by atoms with Crippen LogP contribution in [0.1, 0.15) is 19.3 Å². The summed E-state index contributed by atoms with van der Waals surface area (Å²) in [6.45, 7) is 1.41. The van der Waals surface area contributed by atoms with Crippen molar-refractivity contribution >= 4 is 11.9 Å². The third-order valence-corrected chi connectivity index (χ3v) is 2.66. The first-order chi connectivity index (χ1) is 8.17. The SMILES string of the molecule is COC(=O)CC1CN(C(=O)CCCO)CCO1. The molecule has 1 N–H and O–H groups in total. The molecular weight excluding hydrogens is 226 g/mol. The molecule has 0 aliphatic carbocycles. The Morgan fingerprint density at radius 1 is 1.53 bits per heavy atom. The lowest BCUT2D eigenvalue weighted by molar-refractivity contribution is -0.150. The van der Waals surface area contributed by atoms with E-state index in [0.717, 1.165) is 0 Å². The van der Waals surface area contributed by atoms with Gasteiger partial charge in [-0.05, 0) is 6.42 Å². The van der Waals surface area contributed by atoms with Crippen molar-refractivity contribution in [3.63, 3.8) is 0 Å². The Kier molecular flexibility index (Phi) is 5.93. The van der Waals surface area contributed by atoms with Gasteiger partial charge in [-0.1, -0.05) is 0 Å². The normalized spacial score (nSPS) is 20.1. The minimum absolute atomic E-state index is 0.00258. The number of hydrogen-bond donors (Lipinski definition) is 1. The van der Waals surface area contributed by atoms with E-state index in [1.165, 1.54) is 7.11 Å². The van der Waals surface area contributed by atoms with Gasteiger partial charge in [0, 0.05) is 26.1 Å². The van der Waals surface area contributed by atoms with Crippen molar-refractivity contribution in [2.45, 2.75) is 25.4 Å². The first-order valence-electron chi connectivity index (χ1n) is 5.74. The van der Waals surface area contributed by atoms with Crippen LogP contribution in [0.5, 0.6) is 0 Å². The number of hydrogen-bond acceptors (Lipinski definition) is 5. The fraction of sp³-hybridized carbons (Fsp3) is 0.818. The molecular formula is C11H19NO5. The summed E-state index contributed by atoms with van der Waals surface area (Å²) in [4.78, 5) is 24.5. The average molecular weight is 245 g/mol. The number of carbonyl (C=O) groups is 2. The van der Waals surface area contributed by atoms with Gasteiger partial charge in [0.1, 0.15) is 0 Å². The van der Waals surface area contributed by atoms with E-state index in [1.807, 2.05) is 0 Å². The molecule has 1 unspecified atom stereocenters. The number of methoxy groups -OCH3 is 1. The van der Waals surface area contributed by atoms with E-state index in [-0.39, 0.29) is 31.0 Å². The van der Waals surface area contributed by atoms with E-state index >= 15 is 0 Å². The summed E-state index contributed by atoms with van der Waals surface area (Å²) in [5.41, 5.74) is 0. The Balaban J connectivity index is 2.37. The monoisotopic (exact) mass is 245 g/mol. The molecule has 1 fully saturated rings. The van der Waals surface area contributed by atoms with Crippen molar-refractivity contribution in [3.05, 3.63) is 0 Å². The van der Waals surface area contributed by atoms with Gasteiger partial charge >= 0.3 is 5.97 Å². The van der Waals surface area contributed by atoms with Crippen molar-refractivity contribution < 1.29 is 24.2 Å². The Hall–Kier alpha value is -1.14. The predicted octanol–water partition coefficient (Wildman–Crippen LogP) is -0.451. The summed E-state index contributed by atoms with van der Waals surface area (Å²) in [7, 11) is 1.33. The van der Waals surface area contributed by atoms with Crippen LogP contribution >= 0.6 is 0 Å². The molecule has 1 saturated heterocycles. The lowest BCUT2D eigenvalue weighted by Crippen LogP contribution is -2.46. The highest BCUT2D eigenvalue weighted by Gasteiger charge is 2.25. The Labute approximate surface area is 100 Å². The second kappa shape index (κ2) is 7.24. The van der Waals surface area contributed by atoms with E-state index in [9.17, 15) is 9.59 Å². The molecule has 0 aromatic rings. The van der Waals surface area contributed by atoms with Crippen molar-refractivity contribution in [1.29, 1.82) is 0 Å². The Bertz CT molecular complexity index is 269. The number of morpholine rings is 1. The highest BCUT2D eigenvalue weighted by molar-refractivity contribution is 5.76. The third kappa shape index (κ3) is 4.70. The summed E-state index contributed by atoms with van der Waals surface area (Å²) >= 11 is 0. The van der Waals surface area contributed by atoms with Gasteiger partial charge in [-0.2, -0.15) is 0 Å². The fourth-order valence-corrected chi connectivity index (χ4v) is 1.73. The van der Waals surface area contributed by atoms with Crippen LogP contribution < -0.4 is 0 Å². The first-order valence-corrected chi connectivity index (χ1v) is 5.74. The van der Waals surface area contributed by atoms with Gasteiger partial charge in [-0.25, -0.2) is 0 Å². The quantitative estimate of drug-likeness (QED) is 0.664. The molecule has 1 aliphatic heterocycles. The van der Waals surface area contributed by atoms with Crippen molar-refractivity contribution in [3.8, 4) is 0 Å². The standard InChI is InChI=1S/C11H19NO5/c1-16-11(15)7-9-8-12(4-6-17-9)10(14)3-2-5-13/h9,13H,2-8H2,1H3. The fourth-order valence-electron chi connectivity index (χ4n) is 1.73. The molecule has 0 radical (unpaired) electrons. The minimum atomic E-state index is -0.334. The Morgan fingerprint density at radius 2 is 2.29 bits per heavy atom. The molecule has 1 amide bonds. The topological polar surface area (TPSA) is 76.1 Å². The van der Waals surface area contributed by atoms with Gasteiger partial charge < -0.3 is 19.5 Å². The van der Waals surface area contributed by atoms with Crippen LogP contribution in [-0.4, -0.2) is 61.4 Å². The number of rotatable bonds is 5. The predicted molar refractivity (Wildman–Crippen MR) is 59.3 cm³/mol. The highest BCUT2D eigenvalue weighted by Crippen LogP contribution is 2.11. The highest BCUT2D eigenvalue weighted by atomic mass is 16.5. The number of nitrogens with zero attached hydrogens (tertiary/aromatic N) is 1. The van der Waals surface area contributed by atoms with Gasteiger partial charge in [-0.3, -0.25) is 9.59 Å². The largest absolute Gasteiger partial charge is 0.469 e. The summed E-state index contributed by atoms with van der Waals surface area (Å²) in [6, 6.07) is 0. The molecule has 17 heavy (non-hydrogen) atoms. The van der Waals surface area contributed by atoms with E-state index in [0.29, 0.717) is 32.5 Å². The molecule has 1 aliphatic rings.